The quantitative estimate of drug-likeness (QED) is 0.115. The summed E-state index contributed by atoms with van der Waals surface area (Å²) in [6.07, 6.45) is 36.3. The Hall–Kier alpha value is 0.350. The molecule has 0 N–H and O–H groups in total. The molecule has 0 rings (SSSR count). The SMILES string of the molecule is CCCCCCCCCCCCCCC[CH]SCCCCCCCCCCCCC. The van der Waals surface area contributed by atoms with Crippen LogP contribution in [0.3, 0.4) is 0 Å². The molecule has 0 aliphatic carbocycles. The molecule has 1 heteroatoms. The molecule has 0 saturated carbocycles. The topological polar surface area (TPSA) is 0 Å². The van der Waals surface area contributed by atoms with Gasteiger partial charge < -0.3 is 0 Å². The molecule has 0 atom stereocenters. The first kappa shape index (κ1) is 30.4. The Balaban J connectivity index is 2.97. The number of thioether (sulfide) groups is 1. The molecule has 0 spiro atoms. The zero-order valence-electron chi connectivity index (χ0n) is 21.4. The maximum absolute atomic E-state index is 2.49. The van der Waals surface area contributed by atoms with Crippen molar-refractivity contribution in [2.24, 2.45) is 0 Å². The summed E-state index contributed by atoms with van der Waals surface area (Å²) in [5, 5.41) is 0. The Labute approximate surface area is 197 Å². The second-order valence-corrected chi connectivity index (χ2v) is 10.7. The molecule has 0 saturated heterocycles. The predicted octanol–water partition coefficient (Wildman–Crippen LogP) is 11.7. The van der Waals surface area contributed by atoms with Crippen molar-refractivity contribution in [1.29, 1.82) is 0 Å². The van der Waals surface area contributed by atoms with E-state index >= 15 is 0 Å². The molecule has 0 bridgehead atoms. The van der Waals surface area contributed by atoms with Gasteiger partial charge in [0.05, 0.1) is 0 Å². The molecule has 0 fully saturated rings. The van der Waals surface area contributed by atoms with Crippen LogP contribution in [0.15, 0.2) is 0 Å². The number of hydrogen-bond donors (Lipinski definition) is 0. The summed E-state index contributed by atoms with van der Waals surface area (Å²) < 4.78 is 0. The first-order valence-corrected chi connectivity index (χ1v) is 15.4. The highest BCUT2D eigenvalue weighted by molar-refractivity contribution is 8.01. The molecular formula is C29H59S. The van der Waals surface area contributed by atoms with E-state index in [1.165, 1.54) is 166 Å². The lowest BCUT2D eigenvalue weighted by atomic mass is 10.0. The molecule has 0 aromatic rings. The van der Waals surface area contributed by atoms with E-state index in [4.69, 9.17) is 0 Å². The molecular weight excluding hydrogens is 380 g/mol. The Bertz CT molecular complexity index is 248. The molecule has 0 amide bonds. The van der Waals surface area contributed by atoms with Crippen molar-refractivity contribution in [2.75, 3.05) is 5.75 Å². The average molecular weight is 440 g/mol. The minimum absolute atomic E-state index is 1.33. The molecule has 0 heterocycles. The summed E-state index contributed by atoms with van der Waals surface area (Å²) in [5.74, 6) is 3.85. The third-order valence-corrected chi connectivity index (χ3v) is 7.40. The molecule has 0 unspecified atom stereocenters. The molecule has 0 aromatic carbocycles. The van der Waals surface area contributed by atoms with E-state index in [0.717, 1.165) is 0 Å². The van der Waals surface area contributed by atoms with Crippen LogP contribution in [-0.2, 0) is 0 Å². The van der Waals surface area contributed by atoms with E-state index in [1.54, 1.807) is 0 Å². The van der Waals surface area contributed by atoms with Gasteiger partial charge in [0.1, 0.15) is 0 Å². The fraction of sp³-hybridized carbons (Fsp3) is 0.966. The van der Waals surface area contributed by atoms with Gasteiger partial charge in [-0.3, -0.25) is 0 Å². The summed E-state index contributed by atoms with van der Waals surface area (Å²) in [6.45, 7) is 4.60. The number of rotatable bonds is 27. The summed E-state index contributed by atoms with van der Waals surface area (Å²) in [6, 6.07) is 0. The van der Waals surface area contributed by atoms with E-state index < -0.39 is 0 Å². The number of unbranched alkanes of at least 4 members (excludes halogenated alkanes) is 23. The molecule has 1 radical (unpaired) electrons. The maximum Gasteiger partial charge on any atom is 0.0166 e. The lowest BCUT2D eigenvalue weighted by molar-refractivity contribution is 0.540. The highest BCUT2D eigenvalue weighted by Gasteiger charge is 1.96. The zero-order valence-corrected chi connectivity index (χ0v) is 22.2. The van der Waals surface area contributed by atoms with E-state index in [1.807, 2.05) is 0 Å². The maximum atomic E-state index is 2.49. The van der Waals surface area contributed by atoms with Crippen molar-refractivity contribution in [3.63, 3.8) is 0 Å². The molecule has 0 aliphatic rings. The molecule has 30 heavy (non-hydrogen) atoms. The lowest BCUT2D eigenvalue weighted by Gasteiger charge is -2.04. The zero-order chi connectivity index (χ0) is 21.8. The van der Waals surface area contributed by atoms with Gasteiger partial charge in [-0.25, -0.2) is 0 Å². The Morgan fingerprint density at radius 3 is 1.03 bits per heavy atom. The highest BCUT2D eigenvalue weighted by Crippen LogP contribution is 2.18. The van der Waals surface area contributed by atoms with Crippen LogP contribution in [0.25, 0.3) is 0 Å². The average Bonchev–Trinajstić information content (AvgIpc) is 2.76. The van der Waals surface area contributed by atoms with Crippen LogP contribution in [0.5, 0.6) is 0 Å². The fourth-order valence-corrected chi connectivity index (χ4v) is 5.13. The van der Waals surface area contributed by atoms with Crippen LogP contribution in [-0.4, -0.2) is 5.75 Å². The monoisotopic (exact) mass is 439 g/mol. The largest absolute Gasteiger partial charge is 0.157 e. The van der Waals surface area contributed by atoms with Crippen LogP contribution in [0.4, 0.5) is 0 Å². The smallest absolute Gasteiger partial charge is 0.0166 e. The van der Waals surface area contributed by atoms with Gasteiger partial charge in [0.25, 0.3) is 0 Å². The van der Waals surface area contributed by atoms with Crippen molar-refractivity contribution in [3.8, 4) is 0 Å². The van der Waals surface area contributed by atoms with Gasteiger partial charge in [0.15, 0.2) is 0 Å². The third kappa shape index (κ3) is 28.4. The van der Waals surface area contributed by atoms with Crippen molar-refractivity contribution in [1.82, 2.24) is 0 Å². The lowest BCUT2D eigenvalue weighted by Crippen LogP contribution is -1.85. The normalized spacial score (nSPS) is 11.4. The molecule has 0 nitrogen and oxygen atoms in total. The predicted molar refractivity (Wildman–Crippen MR) is 144 cm³/mol. The third-order valence-electron chi connectivity index (χ3n) is 6.41. The minimum atomic E-state index is 1.33. The summed E-state index contributed by atoms with van der Waals surface area (Å²) in [5.41, 5.74) is 0. The van der Waals surface area contributed by atoms with Crippen molar-refractivity contribution in [2.45, 2.75) is 174 Å². The van der Waals surface area contributed by atoms with Crippen molar-refractivity contribution < 1.29 is 0 Å². The summed E-state index contributed by atoms with van der Waals surface area (Å²) >= 11 is 2.09. The van der Waals surface area contributed by atoms with Crippen LogP contribution in [0, 0.1) is 5.75 Å². The highest BCUT2D eigenvalue weighted by atomic mass is 32.2. The van der Waals surface area contributed by atoms with Gasteiger partial charge in [-0.05, 0) is 18.6 Å². The van der Waals surface area contributed by atoms with Gasteiger partial charge in [-0.15, -0.1) is 0 Å². The Kier molecular flexibility index (Phi) is 29.7. The first-order valence-electron chi connectivity index (χ1n) is 14.3. The van der Waals surface area contributed by atoms with Crippen molar-refractivity contribution >= 4 is 11.8 Å². The van der Waals surface area contributed by atoms with Gasteiger partial charge in [0, 0.05) is 5.75 Å². The first-order chi connectivity index (χ1) is 14.9. The van der Waals surface area contributed by atoms with E-state index in [9.17, 15) is 0 Å². The number of hydrogen-bond acceptors (Lipinski definition) is 1. The molecule has 181 valence electrons. The van der Waals surface area contributed by atoms with Crippen LogP contribution < -0.4 is 0 Å². The second-order valence-electron chi connectivity index (χ2n) is 9.60. The van der Waals surface area contributed by atoms with Crippen LogP contribution in [0.1, 0.15) is 174 Å². The van der Waals surface area contributed by atoms with Crippen LogP contribution in [0.2, 0.25) is 0 Å². The van der Waals surface area contributed by atoms with Gasteiger partial charge in [-0.2, -0.15) is 11.8 Å². The van der Waals surface area contributed by atoms with Gasteiger partial charge >= 0.3 is 0 Å². The molecule has 0 aliphatic heterocycles. The van der Waals surface area contributed by atoms with Gasteiger partial charge in [0.2, 0.25) is 0 Å². The van der Waals surface area contributed by atoms with E-state index in [0.29, 0.717) is 0 Å². The molecule has 0 aromatic heterocycles. The Morgan fingerprint density at radius 1 is 0.367 bits per heavy atom. The fourth-order valence-electron chi connectivity index (χ4n) is 4.26. The minimum Gasteiger partial charge on any atom is -0.157 e. The Morgan fingerprint density at radius 2 is 0.667 bits per heavy atom. The second kappa shape index (κ2) is 29.4. The van der Waals surface area contributed by atoms with E-state index in [2.05, 4.69) is 31.4 Å². The summed E-state index contributed by atoms with van der Waals surface area (Å²) in [7, 11) is 0. The summed E-state index contributed by atoms with van der Waals surface area (Å²) in [4.78, 5) is 0. The van der Waals surface area contributed by atoms with E-state index in [-0.39, 0.29) is 0 Å². The van der Waals surface area contributed by atoms with Crippen LogP contribution >= 0.6 is 11.8 Å². The van der Waals surface area contributed by atoms with Crippen molar-refractivity contribution in [3.05, 3.63) is 5.75 Å². The van der Waals surface area contributed by atoms with Gasteiger partial charge in [-0.1, -0.05) is 162 Å². The standard InChI is InChI=1S/C29H59S/c1-3-5-7-9-11-13-15-16-17-19-21-23-25-27-29-30-28-26-24-22-20-18-14-12-10-8-6-4-2/h29H,3-28H2,1-2H3.